The van der Waals surface area contributed by atoms with Crippen LogP contribution in [-0.2, 0) is 0 Å². The van der Waals surface area contributed by atoms with Gasteiger partial charge in [0.05, 0.1) is 11.3 Å². The largest absolute Gasteiger partial charge is 0.341 e. The number of benzene rings is 1. The number of nitrogens with two attached hydrogens (primary N) is 1. The smallest absolute Gasteiger partial charge is 0.255 e. The van der Waals surface area contributed by atoms with Gasteiger partial charge in [-0.3, -0.25) is 10.6 Å². The predicted molar refractivity (Wildman–Crippen MR) is 66.1 cm³/mol. The molecule has 0 aliphatic heterocycles. The molecule has 0 atom stereocenters. The molecule has 0 radical (unpaired) electrons. The lowest BCUT2D eigenvalue weighted by atomic mass is 10.1. The van der Waals surface area contributed by atoms with Gasteiger partial charge < -0.3 is 10.3 Å². The Morgan fingerprint density at radius 3 is 2.62 bits per heavy atom. The number of carbonyl (C=O) groups is 1. The molecule has 0 unspecified atom stereocenters. The van der Waals surface area contributed by atoms with Crippen molar-refractivity contribution in [2.45, 2.75) is 13.8 Å². The Kier molecular flexibility index (Phi) is 4.31. The van der Waals surface area contributed by atoms with Gasteiger partial charge in [0.1, 0.15) is 0 Å². The van der Waals surface area contributed by atoms with Gasteiger partial charge >= 0.3 is 0 Å². The van der Waals surface area contributed by atoms with Crippen LogP contribution < -0.4 is 11.3 Å². The maximum absolute atomic E-state index is 12.1. The fraction of sp³-hybridized carbons (Fsp3) is 0.417. The Hall–Kier alpha value is -1.55. The van der Waals surface area contributed by atoms with Gasteiger partial charge in [0.2, 0.25) is 0 Å². The minimum atomic E-state index is -0.0118. The molecule has 0 saturated heterocycles. The molecule has 1 rings (SSSR count). The Labute approximate surface area is 96.4 Å². The molecule has 0 bridgehead atoms. The highest BCUT2D eigenvalue weighted by Crippen LogP contribution is 2.15. The van der Waals surface area contributed by atoms with Crippen LogP contribution in [0, 0.1) is 5.92 Å². The first-order chi connectivity index (χ1) is 7.56. The molecule has 0 saturated carbocycles. The fourth-order valence-corrected chi connectivity index (χ4v) is 1.63. The summed E-state index contributed by atoms with van der Waals surface area (Å²) >= 11 is 0. The van der Waals surface area contributed by atoms with Gasteiger partial charge in [0, 0.05) is 13.6 Å². The average Bonchev–Trinajstić information content (AvgIpc) is 2.27. The molecule has 0 aromatic heterocycles. The van der Waals surface area contributed by atoms with Crippen molar-refractivity contribution in [1.82, 2.24) is 4.90 Å². The van der Waals surface area contributed by atoms with Crippen molar-refractivity contribution in [3.8, 4) is 0 Å². The quantitative estimate of drug-likeness (QED) is 0.601. The summed E-state index contributed by atoms with van der Waals surface area (Å²) in [6, 6.07) is 7.23. The number of carbonyl (C=O) groups excluding carboxylic acids is 1. The minimum absolute atomic E-state index is 0.0118. The van der Waals surface area contributed by atoms with Crippen molar-refractivity contribution in [3.63, 3.8) is 0 Å². The molecule has 4 heteroatoms. The van der Waals surface area contributed by atoms with Crippen LogP contribution in [-0.4, -0.2) is 24.4 Å². The molecule has 1 aromatic rings. The highest BCUT2D eigenvalue weighted by Gasteiger charge is 2.15. The van der Waals surface area contributed by atoms with E-state index in [4.69, 9.17) is 5.84 Å². The van der Waals surface area contributed by atoms with Crippen LogP contribution in [0.1, 0.15) is 24.2 Å². The average molecular weight is 221 g/mol. The molecule has 0 fully saturated rings. The standard InChI is InChI=1S/C12H19N3O/c1-9(2)8-15(3)12(16)10-6-4-5-7-11(10)14-13/h4-7,9,14H,8,13H2,1-3H3. The lowest BCUT2D eigenvalue weighted by molar-refractivity contribution is 0.0780. The first kappa shape index (κ1) is 12.5. The Morgan fingerprint density at radius 1 is 1.44 bits per heavy atom. The number of nitrogen functional groups attached to an aromatic ring is 1. The molecular formula is C12H19N3O. The number of hydrazine groups is 1. The van der Waals surface area contributed by atoms with Crippen molar-refractivity contribution in [2.75, 3.05) is 19.0 Å². The SMILES string of the molecule is CC(C)CN(C)C(=O)c1ccccc1NN. The van der Waals surface area contributed by atoms with E-state index in [0.29, 0.717) is 17.2 Å². The number of rotatable bonds is 4. The molecule has 1 amide bonds. The van der Waals surface area contributed by atoms with E-state index < -0.39 is 0 Å². The Bertz CT molecular complexity index is 363. The van der Waals surface area contributed by atoms with E-state index >= 15 is 0 Å². The van der Waals surface area contributed by atoms with Crippen molar-refractivity contribution in [1.29, 1.82) is 0 Å². The van der Waals surface area contributed by atoms with Crippen molar-refractivity contribution >= 4 is 11.6 Å². The summed E-state index contributed by atoms with van der Waals surface area (Å²) in [7, 11) is 1.80. The summed E-state index contributed by atoms with van der Waals surface area (Å²) in [4.78, 5) is 13.8. The minimum Gasteiger partial charge on any atom is -0.341 e. The van der Waals surface area contributed by atoms with E-state index in [1.807, 2.05) is 12.1 Å². The zero-order valence-electron chi connectivity index (χ0n) is 10.0. The van der Waals surface area contributed by atoms with Gasteiger partial charge in [-0.25, -0.2) is 0 Å². The third-order valence-electron chi connectivity index (χ3n) is 2.30. The van der Waals surface area contributed by atoms with Crippen LogP contribution in [0.5, 0.6) is 0 Å². The van der Waals surface area contributed by atoms with Gasteiger partial charge in [-0.1, -0.05) is 26.0 Å². The summed E-state index contributed by atoms with van der Waals surface area (Å²) in [6.45, 7) is 4.89. The van der Waals surface area contributed by atoms with Crippen LogP contribution in [0.3, 0.4) is 0 Å². The summed E-state index contributed by atoms with van der Waals surface area (Å²) in [5, 5.41) is 0. The molecule has 0 aliphatic carbocycles. The first-order valence-corrected chi connectivity index (χ1v) is 5.37. The number of hydrogen-bond donors (Lipinski definition) is 2. The Balaban J connectivity index is 2.87. The second kappa shape index (κ2) is 5.51. The van der Waals surface area contributed by atoms with E-state index in [1.165, 1.54) is 0 Å². The van der Waals surface area contributed by atoms with Crippen molar-refractivity contribution in [2.24, 2.45) is 11.8 Å². The lowest BCUT2D eigenvalue weighted by Gasteiger charge is -2.20. The highest BCUT2D eigenvalue weighted by atomic mass is 16.2. The molecular weight excluding hydrogens is 202 g/mol. The van der Waals surface area contributed by atoms with Crippen LogP contribution in [0.2, 0.25) is 0 Å². The Morgan fingerprint density at radius 2 is 2.06 bits per heavy atom. The summed E-state index contributed by atoms with van der Waals surface area (Å²) < 4.78 is 0. The van der Waals surface area contributed by atoms with Gasteiger partial charge in [-0.05, 0) is 18.1 Å². The number of amides is 1. The maximum atomic E-state index is 12.1. The fourth-order valence-electron chi connectivity index (χ4n) is 1.63. The molecule has 16 heavy (non-hydrogen) atoms. The molecule has 3 N–H and O–H groups in total. The van der Waals surface area contributed by atoms with Crippen molar-refractivity contribution < 1.29 is 4.79 Å². The van der Waals surface area contributed by atoms with E-state index in [0.717, 1.165) is 6.54 Å². The van der Waals surface area contributed by atoms with Gasteiger partial charge in [-0.2, -0.15) is 0 Å². The third kappa shape index (κ3) is 2.97. The monoisotopic (exact) mass is 221 g/mol. The zero-order chi connectivity index (χ0) is 12.1. The van der Waals surface area contributed by atoms with E-state index in [1.54, 1.807) is 24.1 Å². The molecule has 0 heterocycles. The number of anilines is 1. The molecule has 0 aliphatic rings. The van der Waals surface area contributed by atoms with Crippen LogP contribution in [0.15, 0.2) is 24.3 Å². The first-order valence-electron chi connectivity index (χ1n) is 5.37. The van der Waals surface area contributed by atoms with E-state index in [-0.39, 0.29) is 5.91 Å². The van der Waals surface area contributed by atoms with Gasteiger partial charge in [-0.15, -0.1) is 0 Å². The van der Waals surface area contributed by atoms with Gasteiger partial charge in [0.15, 0.2) is 0 Å². The van der Waals surface area contributed by atoms with E-state index in [2.05, 4.69) is 19.3 Å². The third-order valence-corrected chi connectivity index (χ3v) is 2.30. The normalized spacial score (nSPS) is 10.3. The molecule has 4 nitrogen and oxygen atoms in total. The molecule has 88 valence electrons. The van der Waals surface area contributed by atoms with Crippen LogP contribution in [0.25, 0.3) is 0 Å². The second-order valence-electron chi connectivity index (χ2n) is 4.27. The number of nitrogens with one attached hydrogen (secondary N) is 1. The van der Waals surface area contributed by atoms with Gasteiger partial charge in [0.25, 0.3) is 5.91 Å². The second-order valence-corrected chi connectivity index (χ2v) is 4.27. The molecule has 0 spiro atoms. The number of para-hydroxylation sites is 1. The predicted octanol–water partition coefficient (Wildman–Crippen LogP) is 1.70. The maximum Gasteiger partial charge on any atom is 0.255 e. The summed E-state index contributed by atoms with van der Waals surface area (Å²) in [6.07, 6.45) is 0. The molecule has 1 aromatic carbocycles. The number of nitrogens with zero attached hydrogens (tertiary/aromatic N) is 1. The number of hydrogen-bond acceptors (Lipinski definition) is 3. The topological polar surface area (TPSA) is 58.4 Å². The van der Waals surface area contributed by atoms with Crippen LogP contribution >= 0.6 is 0 Å². The summed E-state index contributed by atoms with van der Waals surface area (Å²) in [5.74, 6) is 5.81. The highest BCUT2D eigenvalue weighted by molar-refractivity contribution is 5.99. The van der Waals surface area contributed by atoms with E-state index in [9.17, 15) is 4.79 Å². The lowest BCUT2D eigenvalue weighted by Crippen LogP contribution is -2.31. The van der Waals surface area contributed by atoms with Crippen molar-refractivity contribution in [3.05, 3.63) is 29.8 Å². The summed E-state index contributed by atoms with van der Waals surface area (Å²) in [5.41, 5.74) is 3.80. The van der Waals surface area contributed by atoms with Crippen LogP contribution in [0.4, 0.5) is 5.69 Å². The zero-order valence-corrected chi connectivity index (χ0v) is 10.0.